The van der Waals surface area contributed by atoms with Crippen molar-refractivity contribution in [2.24, 2.45) is 21.7 Å². The van der Waals surface area contributed by atoms with Crippen molar-refractivity contribution in [2.75, 3.05) is 13.2 Å². The van der Waals surface area contributed by atoms with Crippen molar-refractivity contribution in [2.45, 2.75) is 117 Å². The molecule has 38 heavy (non-hydrogen) atoms. The Kier molecular flexibility index (Phi) is 5.64. The largest absolute Gasteiger partial charge is 0.493 e. The molecule has 6 fully saturated rings. The van der Waals surface area contributed by atoms with E-state index in [1.54, 1.807) is 6.07 Å². The minimum atomic E-state index is -0.669. The van der Waals surface area contributed by atoms with Crippen LogP contribution in [0.3, 0.4) is 0 Å². The third-order valence-electron chi connectivity index (χ3n) is 10.3. The van der Waals surface area contributed by atoms with Crippen molar-refractivity contribution in [1.29, 1.82) is 0 Å². The van der Waals surface area contributed by atoms with Gasteiger partial charge in [-0.2, -0.15) is 0 Å². The van der Waals surface area contributed by atoms with Gasteiger partial charge in [0.25, 0.3) is 5.91 Å². The van der Waals surface area contributed by atoms with Gasteiger partial charge in [0.1, 0.15) is 23.2 Å². The predicted octanol–water partition coefficient (Wildman–Crippen LogP) is 7.02. The second kappa shape index (κ2) is 8.20. The van der Waals surface area contributed by atoms with E-state index in [1.165, 1.54) is 43.1 Å². The predicted molar refractivity (Wildman–Crippen MR) is 144 cm³/mol. The Bertz CT molecular complexity index is 1160. The van der Waals surface area contributed by atoms with Crippen LogP contribution in [0.25, 0.3) is 0 Å². The van der Waals surface area contributed by atoms with Crippen molar-refractivity contribution in [3.8, 4) is 5.75 Å². The molecular formula is C32H44FNO4. The number of nitrogens with zero attached hydrogens (tertiary/aromatic N) is 1. The van der Waals surface area contributed by atoms with Gasteiger partial charge in [-0.25, -0.2) is 9.18 Å². The van der Waals surface area contributed by atoms with Crippen LogP contribution in [0.15, 0.2) is 12.1 Å². The van der Waals surface area contributed by atoms with E-state index in [2.05, 4.69) is 20.8 Å². The molecule has 1 amide bonds. The lowest BCUT2D eigenvalue weighted by molar-refractivity contribution is -0.159. The van der Waals surface area contributed by atoms with Crippen LogP contribution in [0.1, 0.15) is 121 Å². The fraction of sp³-hybridized carbons (Fsp3) is 0.750. The molecule has 1 aromatic carbocycles. The zero-order valence-corrected chi connectivity index (χ0v) is 24.0. The van der Waals surface area contributed by atoms with E-state index >= 15 is 4.39 Å². The summed E-state index contributed by atoms with van der Waals surface area (Å²) >= 11 is 0. The molecule has 0 spiro atoms. The first-order chi connectivity index (χ1) is 17.6. The molecule has 6 heteroatoms. The molecule has 1 aromatic rings. The lowest BCUT2D eigenvalue weighted by Crippen LogP contribution is -2.43. The Labute approximate surface area is 226 Å². The highest BCUT2D eigenvalue weighted by molar-refractivity contribution is 5.98. The number of hydrogen-bond donors (Lipinski definition) is 0. The Morgan fingerprint density at radius 2 is 1.66 bits per heavy atom. The average Bonchev–Trinajstić information content (AvgIpc) is 3.41. The summed E-state index contributed by atoms with van der Waals surface area (Å²) in [6, 6.07) is 2.49. The summed E-state index contributed by atoms with van der Waals surface area (Å²) in [5, 5.41) is 0. The van der Waals surface area contributed by atoms with E-state index in [0.29, 0.717) is 48.5 Å². The van der Waals surface area contributed by atoms with Gasteiger partial charge in [-0.1, -0.05) is 20.8 Å². The van der Waals surface area contributed by atoms with E-state index in [9.17, 15) is 9.59 Å². The molecule has 0 radical (unpaired) electrons. The van der Waals surface area contributed by atoms with Gasteiger partial charge >= 0.3 is 5.97 Å². The molecule has 1 saturated heterocycles. The molecule has 0 aromatic heterocycles. The molecule has 5 saturated carbocycles. The van der Waals surface area contributed by atoms with Crippen molar-refractivity contribution >= 4 is 11.9 Å². The zero-order valence-electron chi connectivity index (χ0n) is 24.0. The number of carbonyl (C=O) groups excluding carboxylic acids is 2. The Balaban J connectivity index is 1.24. The normalized spacial score (nSPS) is 37.7. The number of hydrogen-bond acceptors (Lipinski definition) is 4. The van der Waals surface area contributed by atoms with Crippen LogP contribution in [0, 0.1) is 27.5 Å². The smallest absolute Gasteiger partial charge is 0.329 e. The van der Waals surface area contributed by atoms with E-state index in [-0.39, 0.29) is 16.4 Å². The fourth-order valence-electron chi connectivity index (χ4n) is 9.70. The standard InChI is InChI=1S/C32H44FNO4/c1-28(2,3)38-27(36)24-8-7-11-34(24)26(35)22-12-21(20-9-10-20)25(13-23(22)33)37-19-32-17-29(4)14-30(5,18-32)16-31(32,6)15-29/h12-13,20,24H,7-11,14-19H2,1-6H3/t24-,29?,30?,31?,32?/m0/s1. The summed E-state index contributed by atoms with van der Waals surface area (Å²) < 4.78 is 27.7. The maximum atomic E-state index is 15.6. The number of amides is 1. The fourth-order valence-corrected chi connectivity index (χ4v) is 9.70. The van der Waals surface area contributed by atoms with E-state index in [1.807, 2.05) is 20.8 Å². The van der Waals surface area contributed by atoms with Crippen molar-refractivity contribution in [3.63, 3.8) is 0 Å². The lowest BCUT2D eigenvalue weighted by Gasteiger charge is -2.44. The summed E-state index contributed by atoms with van der Waals surface area (Å²) in [6.07, 6.45) is 9.48. The zero-order chi connectivity index (χ0) is 27.3. The van der Waals surface area contributed by atoms with Gasteiger partial charge in [-0.05, 0) is 112 Å². The van der Waals surface area contributed by atoms with Gasteiger partial charge in [0, 0.05) is 18.0 Å². The van der Waals surface area contributed by atoms with Crippen molar-refractivity contribution in [3.05, 3.63) is 29.1 Å². The van der Waals surface area contributed by atoms with Crippen LogP contribution in [-0.2, 0) is 9.53 Å². The highest BCUT2D eigenvalue weighted by Gasteiger charge is 2.72. The molecule has 5 aliphatic carbocycles. The molecular weight excluding hydrogens is 481 g/mol. The number of likely N-dealkylation sites (tertiary alicyclic amines) is 1. The van der Waals surface area contributed by atoms with E-state index < -0.39 is 29.3 Å². The van der Waals surface area contributed by atoms with Gasteiger partial charge in [-0.15, -0.1) is 0 Å². The van der Waals surface area contributed by atoms with Crippen LogP contribution in [0.2, 0.25) is 0 Å². The second-order valence-electron chi connectivity index (χ2n) is 15.5. The molecule has 2 unspecified atom stereocenters. The molecule has 0 N–H and O–H groups in total. The van der Waals surface area contributed by atoms with Gasteiger partial charge in [0.2, 0.25) is 0 Å². The second-order valence-corrected chi connectivity index (χ2v) is 15.5. The number of ether oxygens (including phenoxy) is 2. The quantitative estimate of drug-likeness (QED) is 0.374. The highest BCUT2D eigenvalue weighted by Crippen LogP contribution is 2.79. The topological polar surface area (TPSA) is 55.8 Å². The summed E-state index contributed by atoms with van der Waals surface area (Å²) in [4.78, 5) is 27.9. The number of benzene rings is 1. The first-order valence-corrected chi connectivity index (χ1v) is 14.6. The molecule has 1 heterocycles. The summed E-state index contributed by atoms with van der Waals surface area (Å²) in [6.45, 7) is 13.8. The highest BCUT2D eigenvalue weighted by atomic mass is 19.1. The van der Waals surface area contributed by atoms with Gasteiger partial charge in [-0.3, -0.25) is 4.79 Å². The van der Waals surface area contributed by atoms with Crippen LogP contribution < -0.4 is 4.74 Å². The van der Waals surface area contributed by atoms with Gasteiger partial charge < -0.3 is 14.4 Å². The number of esters is 1. The molecule has 6 aliphatic rings. The van der Waals surface area contributed by atoms with Gasteiger partial charge in [0.15, 0.2) is 0 Å². The summed E-state index contributed by atoms with van der Waals surface area (Å²) in [5.41, 5.74) is 1.52. The molecule has 208 valence electrons. The van der Waals surface area contributed by atoms with Crippen molar-refractivity contribution in [1.82, 2.24) is 4.90 Å². The Morgan fingerprint density at radius 3 is 2.26 bits per heavy atom. The molecule has 1 aliphatic heterocycles. The summed E-state index contributed by atoms with van der Waals surface area (Å²) in [5.74, 6) is -0.503. The minimum absolute atomic E-state index is 0.0423. The van der Waals surface area contributed by atoms with E-state index in [0.717, 1.165) is 18.4 Å². The maximum absolute atomic E-state index is 15.6. The monoisotopic (exact) mass is 525 g/mol. The van der Waals surface area contributed by atoms with Crippen LogP contribution >= 0.6 is 0 Å². The average molecular weight is 526 g/mol. The van der Waals surface area contributed by atoms with E-state index in [4.69, 9.17) is 9.47 Å². The third kappa shape index (κ3) is 4.25. The molecule has 3 atom stereocenters. The van der Waals surface area contributed by atoms with Crippen LogP contribution in [0.4, 0.5) is 4.39 Å². The molecule has 7 rings (SSSR count). The number of rotatable bonds is 6. The molecule has 4 bridgehead atoms. The van der Waals surface area contributed by atoms with Crippen LogP contribution in [0.5, 0.6) is 5.75 Å². The minimum Gasteiger partial charge on any atom is -0.493 e. The molecule has 5 nitrogen and oxygen atoms in total. The maximum Gasteiger partial charge on any atom is 0.329 e. The van der Waals surface area contributed by atoms with Crippen molar-refractivity contribution < 1.29 is 23.5 Å². The SMILES string of the molecule is CC12CC3(C)CC(C)(C1)C(COc1cc(F)c(C(=O)N4CCC[C@H]4C(=O)OC(C)(C)C)cc1C1CC1)(C2)C3. The lowest BCUT2D eigenvalue weighted by atomic mass is 9.61. The Hall–Kier alpha value is -2.11. The number of carbonyl (C=O) groups is 2. The van der Waals surface area contributed by atoms with Crippen LogP contribution in [-0.4, -0.2) is 41.6 Å². The first kappa shape index (κ1) is 26.1. The summed E-state index contributed by atoms with van der Waals surface area (Å²) in [7, 11) is 0. The third-order valence-corrected chi connectivity index (χ3v) is 10.3. The Morgan fingerprint density at radius 1 is 1.00 bits per heavy atom. The number of halogens is 1. The van der Waals surface area contributed by atoms with Gasteiger partial charge in [0.05, 0.1) is 12.2 Å². The first-order valence-electron chi connectivity index (χ1n) is 14.6.